The third-order valence-corrected chi connectivity index (χ3v) is 3.84. The molecule has 3 aromatic rings. The summed E-state index contributed by atoms with van der Waals surface area (Å²) in [5.74, 6) is 0.678. The molecular formula is C19H20N4O2. The standard InChI is InChI=1S/C19H20N4O2/c1-3-22-12-9-17(21-22)18(24)7-5-15-6-8-19(25-2)16(13-15)14-23-11-4-10-20-23/h4-13H,3,14H2,1-2H3. The van der Waals surface area contributed by atoms with Gasteiger partial charge in [0.1, 0.15) is 11.4 Å². The molecule has 6 heteroatoms. The number of nitrogens with zero attached hydrogens (tertiary/aromatic N) is 4. The topological polar surface area (TPSA) is 61.9 Å². The number of benzene rings is 1. The maximum Gasteiger partial charge on any atom is 0.206 e. The summed E-state index contributed by atoms with van der Waals surface area (Å²) in [5, 5.41) is 8.44. The van der Waals surface area contributed by atoms with Crippen molar-refractivity contribution in [3.63, 3.8) is 0 Å². The quantitative estimate of drug-likeness (QED) is 0.491. The van der Waals surface area contributed by atoms with Crippen LogP contribution in [0.4, 0.5) is 0 Å². The zero-order chi connectivity index (χ0) is 17.6. The highest BCUT2D eigenvalue weighted by molar-refractivity contribution is 6.05. The maximum absolute atomic E-state index is 12.2. The minimum Gasteiger partial charge on any atom is -0.496 e. The molecule has 0 aliphatic carbocycles. The number of aryl methyl sites for hydroxylation is 1. The molecule has 0 radical (unpaired) electrons. The Kier molecular flexibility index (Phi) is 5.09. The van der Waals surface area contributed by atoms with Crippen LogP contribution in [-0.4, -0.2) is 32.5 Å². The van der Waals surface area contributed by atoms with Crippen molar-refractivity contribution in [2.45, 2.75) is 20.0 Å². The van der Waals surface area contributed by atoms with Crippen LogP contribution in [0, 0.1) is 0 Å². The molecule has 0 aliphatic rings. The lowest BCUT2D eigenvalue weighted by molar-refractivity contribution is 0.104. The van der Waals surface area contributed by atoms with Crippen LogP contribution >= 0.6 is 0 Å². The highest BCUT2D eigenvalue weighted by atomic mass is 16.5. The molecule has 2 heterocycles. The number of aromatic nitrogens is 4. The molecule has 3 rings (SSSR count). The van der Waals surface area contributed by atoms with E-state index in [1.54, 1.807) is 42.4 Å². The summed E-state index contributed by atoms with van der Waals surface area (Å²) in [4.78, 5) is 12.2. The molecule has 0 unspecified atom stereocenters. The number of ketones is 1. The van der Waals surface area contributed by atoms with Gasteiger partial charge in [-0.05, 0) is 42.8 Å². The number of hydrogen-bond donors (Lipinski definition) is 0. The summed E-state index contributed by atoms with van der Waals surface area (Å²) >= 11 is 0. The highest BCUT2D eigenvalue weighted by Crippen LogP contribution is 2.21. The van der Waals surface area contributed by atoms with E-state index in [1.165, 1.54) is 0 Å². The predicted molar refractivity (Wildman–Crippen MR) is 95.6 cm³/mol. The number of methoxy groups -OCH3 is 1. The largest absolute Gasteiger partial charge is 0.496 e. The number of allylic oxidation sites excluding steroid dienone is 1. The third kappa shape index (κ3) is 4.03. The van der Waals surface area contributed by atoms with Gasteiger partial charge in [-0.1, -0.05) is 12.1 Å². The molecule has 0 aliphatic heterocycles. The van der Waals surface area contributed by atoms with Crippen LogP contribution in [0.3, 0.4) is 0 Å². The van der Waals surface area contributed by atoms with Crippen molar-refractivity contribution in [1.82, 2.24) is 19.6 Å². The van der Waals surface area contributed by atoms with Gasteiger partial charge in [0, 0.05) is 30.7 Å². The third-order valence-electron chi connectivity index (χ3n) is 3.84. The van der Waals surface area contributed by atoms with Gasteiger partial charge in [-0.2, -0.15) is 10.2 Å². The van der Waals surface area contributed by atoms with Crippen molar-refractivity contribution >= 4 is 11.9 Å². The number of ether oxygens (including phenoxy) is 1. The molecule has 1 aromatic carbocycles. The van der Waals surface area contributed by atoms with Gasteiger partial charge >= 0.3 is 0 Å². The molecule has 0 spiro atoms. The molecular weight excluding hydrogens is 316 g/mol. The van der Waals surface area contributed by atoms with Gasteiger partial charge in [0.25, 0.3) is 0 Å². The fourth-order valence-corrected chi connectivity index (χ4v) is 2.52. The Balaban J connectivity index is 1.78. The lowest BCUT2D eigenvalue weighted by Crippen LogP contribution is -2.02. The highest BCUT2D eigenvalue weighted by Gasteiger charge is 2.07. The van der Waals surface area contributed by atoms with Crippen LogP contribution < -0.4 is 4.74 Å². The molecule has 6 nitrogen and oxygen atoms in total. The summed E-state index contributed by atoms with van der Waals surface area (Å²) in [6.07, 6.45) is 8.78. The van der Waals surface area contributed by atoms with Crippen LogP contribution in [0.5, 0.6) is 5.75 Å². The fraction of sp³-hybridized carbons (Fsp3) is 0.211. The smallest absolute Gasteiger partial charge is 0.206 e. The van der Waals surface area contributed by atoms with E-state index >= 15 is 0 Å². The van der Waals surface area contributed by atoms with Crippen molar-refractivity contribution < 1.29 is 9.53 Å². The van der Waals surface area contributed by atoms with Gasteiger partial charge in [0.2, 0.25) is 5.78 Å². The molecule has 0 amide bonds. The molecule has 2 aromatic heterocycles. The normalized spacial score (nSPS) is 11.1. The van der Waals surface area contributed by atoms with Gasteiger partial charge in [-0.25, -0.2) is 0 Å². The Morgan fingerprint density at radius 2 is 2.12 bits per heavy atom. The fourth-order valence-electron chi connectivity index (χ4n) is 2.52. The summed E-state index contributed by atoms with van der Waals surface area (Å²) in [5.41, 5.74) is 2.37. The first-order valence-electron chi connectivity index (χ1n) is 8.10. The summed E-state index contributed by atoms with van der Waals surface area (Å²) in [7, 11) is 1.64. The summed E-state index contributed by atoms with van der Waals surface area (Å²) in [6, 6.07) is 9.42. The van der Waals surface area contributed by atoms with E-state index in [2.05, 4.69) is 10.2 Å². The number of hydrogen-bond acceptors (Lipinski definition) is 4. The molecule has 0 bridgehead atoms. The Bertz CT molecular complexity index is 879. The van der Waals surface area contributed by atoms with Crippen molar-refractivity contribution in [2.24, 2.45) is 0 Å². The average molecular weight is 336 g/mol. The Morgan fingerprint density at radius 3 is 2.80 bits per heavy atom. The van der Waals surface area contributed by atoms with E-state index in [0.29, 0.717) is 12.2 Å². The Hall–Kier alpha value is -3.15. The van der Waals surface area contributed by atoms with E-state index in [0.717, 1.165) is 23.4 Å². The molecule has 128 valence electrons. The maximum atomic E-state index is 12.2. The molecule has 0 saturated heterocycles. The molecule has 0 atom stereocenters. The lowest BCUT2D eigenvalue weighted by atomic mass is 10.1. The van der Waals surface area contributed by atoms with Crippen molar-refractivity contribution in [3.05, 3.63) is 71.8 Å². The van der Waals surface area contributed by atoms with E-state index in [9.17, 15) is 4.79 Å². The van der Waals surface area contributed by atoms with Crippen LogP contribution in [0.15, 0.2) is 55.0 Å². The molecule has 0 saturated carbocycles. The van der Waals surface area contributed by atoms with Crippen LogP contribution in [0.2, 0.25) is 0 Å². The molecule has 0 fully saturated rings. The SMILES string of the molecule is CCn1ccc(C(=O)C=Cc2ccc(OC)c(Cn3cccn3)c2)n1. The first-order valence-corrected chi connectivity index (χ1v) is 8.10. The molecule has 0 N–H and O–H groups in total. The van der Waals surface area contributed by atoms with Crippen LogP contribution in [0.1, 0.15) is 28.5 Å². The second-order valence-electron chi connectivity index (χ2n) is 5.53. The number of rotatable bonds is 7. The molecule has 25 heavy (non-hydrogen) atoms. The van der Waals surface area contributed by atoms with Crippen molar-refractivity contribution in [3.8, 4) is 5.75 Å². The van der Waals surface area contributed by atoms with Crippen LogP contribution in [-0.2, 0) is 13.1 Å². The Morgan fingerprint density at radius 1 is 1.24 bits per heavy atom. The van der Waals surface area contributed by atoms with Gasteiger partial charge in [0.15, 0.2) is 0 Å². The second kappa shape index (κ2) is 7.61. The lowest BCUT2D eigenvalue weighted by Gasteiger charge is -2.09. The van der Waals surface area contributed by atoms with Crippen molar-refractivity contribution in [1.29, 1.82) is 0 Å². The van der Waals surface area contributed by atoms with Gasteiger partial charge < -0.3 is 4.74 Å². The van der Waals surface area contributed by atoms with Gasteiger partial charge in [-0.3, -0.25) is 14.2 Å². The van der Waals surface area contributed by atoms with E-state index in [4.69, 9.17) is 4.74 Å². The van der Waals surface area contributed by atoms with Gasteiger partial charge in [0.05, 0.1) is 13.7 Å². The van der Waals surface area contributed by atoms with E-state index in [-0.39, 0.29) is 5.78 Å². The van der Waals surface area contributed by atoms with E-state index in [1.807, 2.05) is 42.1 Å². The first-order chi connectivity index (χ1) is 12.2. The Labute approximate surface area is 146 Å². The summed E-state index contributed by atoms with van der Waals surface area (Å²) in [6.45, 7) is 3.33. The monoisotopic (exact) mass is 336 g/mol. The average Bonchev–Trinajstić information content (AvgIpc) is 3.31. The first kappa shape index (κ1) is 16.7. The zero-order valence-electron chi connectivity index (χ0n) is 14.3. The second-order valence-corrected chi connectivity index (χ2v) is 5.53. The van der Waals surface area contributed by atoms with Crippen molar-refractivity contribution in [2.75, 3.05) is 7.11 Å². The van der Waals surface area contributed by atoms with Gasteiger partial charge in [-0.15, -0.1) is 0 Å². The van der Waals surface area contributed by atoms with E-state index < -0.39 is 0 Å². The number of carbonyl (C=O) groups is 1. The minimum absolute atomic E-state index is 0.114. The minimum atomic E-state index is -0.114. The summed E-state index contributed by atoms with van der Waals surface area (Å²) < 4.78 is 8.97. The zero-order valence-corrected chi connectivity index (χ0v) is 14.3. The number of carbonyl (C=O) groups excluding carboxylic acids is 1. The predicted octanol–water partition coefficient (Wildman–Crippen LogP) is 3.05. The van der Waals surface area contributed by atoms with Crippen LogP contribution in [0.25, 0.3) is 6.08 Å².